The number of fused-ring (bicyclic) bond motifs is 1. The van der Waals surface area contributed by atoms with Gasteiger partial charge in [-0.3, -0.25) is 0 Å². The second kappa shape index (κ2) is 3.85. The summed E-state index contributed by atoms with van der Waals surface area (Å²) in [4.78, 5) is 15.0. The fraction of sp³-hybridized carbons (Fsp3) is 0.500. The number of ether oxygens (including phenoxy) is 1. The molecule has 2 N–H and O–H groups in total. The summed E-state index contributed by atoms with van der Waals surface area (Å²) in [5.74, 6) is 1.11. The minimum absolute atomic E-state index is 0.469. The molecule has 1 fully saturated rings. The van der Waals surface area contributed by atoms with Crippen LogP contribution in [0.1, 0.15) is 0 Å². The lowest BCUT2D eigenvalue weighted by Gasteiger charge is -2.26. The molecule has 1 aliphatic heterocycles. The maximum atomic E-state index is 5.94. The van der Waals surface area contributed by atoms with Crippen LogP contribution in [0.2, 0.25) is 0 Å². The molecule has 0 bridgehead atoms. The van der Waals surface area contributed by atoms with Crippen LogP contribution in [-0.4, -0.2) is 45.8 Å². The standard InChI is InChI=1S/C10H14N6O/c1-15-6-12-9-7(15)8(11)13-10(14-9)16-2-4-17-5-3-16/h6H,2-5H2,1H3,(H2,11,13,14). The fourth-order valence-electron chi connectivity index (χ4n) is 1.98. The van der Waals surface area contributed by atoms with Gasteiger partial charge in [0.15, 0.2) is 11.5 Å². The Morgan fingerprint density at radius 1 is 1.29 bits per heavy atom. The van der Waals surface area contributed by atoms with Crippen LogP contribution in [0.25, 0.3) is 11.2 Å². The summed E-state index contributed by atoms with van der Waals surface area (Å²) < 4.78 is 7.12. The van der Waals surface area contributed by atoms with E-state index in [1.165, 1.54) is 0 Å². The maximum Gasteiger partial charge on any atom is 0.229 e. The molecule has 1 aliphatic rings. The van der Waals surface area contributed by atoms with Gasteiger partial charge >= 0.3 is 0 Å². The SMILES string of the molecule is Cn1cnc2nc(N3CCOCC3)nc(N)c21. The van der Waals surface area contributed by atoms with Crippen LogP contribution >= 0.6 is 0 Å². The van der Waals surface area contributed by atoms with Gasteiger partial charge in [-0.2, -0.15) is 9.97 Å². The van der Waals surface area contributed by atoms with Gasteiger partial charge in [0.25, 0.3) is 0 Å². The molecule has 3 heterocycles. The summed E-state index contributed by atoms with van der Waals surface area (Å²) in [6.07, 6.45) is 1.69. The number of nitrogen functional groups attached to an aromatic ring is 1. The third kappa shape index (κ3) is 1.68. The molecule has 0 saturated carbocycles. The molecule has 1 saturated heterocycles. The predicted octanol–water partition coefficient (Wildman–Crippen LogP) is -0.218. The lowest BCUT2D eigenvalue weighted by Crippen LogP contribution is -2.37. The summed E-state index contributed by atoms with van der Waals surface area (Å²) in [5, 5.41) is 0. The third-order valence-electron chi connectivity index (χ3n) is 2.88. The van der Waals surface area contributed by atoms with Gasteiger partial charge in [-0.05, 0) is 0 Å². The van der Waals surface area contributed by atoms with Crippen molar-refractivity contribution in [2.75, 3.05) is 36.9 Å². The second-order valence-electron chi connectivity index (χ2n) is 4.04. The minimum atomic E-state index is 0.469. The molecule has 0 aliphatic carbocycles. The number of aromatic nitrogens is 4. The molecule has 17 heavy (non-hydrogen) atoms. The van der Waals surface area contributed by atoms with Crippen molar-refractivity contribution in [1.82, 2.24) is 19.5 Å². The first-order valence-corrected chi connectivity index (χ1v) is 5.53. The van der Waals surface area contributed by atoms with Gasteiger partial charge in [0.05, 0.1) is 19.5 Å². The number of aryl methyl sites for hydroxylation is 1. The van der Waals surface area contributed by atoms with Gasteiger partial charge < -0.3 is 19.9 Å². The van der Waals surface area contributed by atoms with Crippen LogP contribution in [0.3, 0.4) is 0 Å². The highest BCUT2D eigenvalue weighted by molar-refractivity contribution is 5.83. The number of imidazole rings is 1. The number of nitrogens with zero attached hydrogens (tertiary/aromatic N) is 5. The van der Waals surface area contributed by atoms with E-state index >= 15 is 0 Å². The van der Waals surface area contributed by atoms with Crippen LogP contribution in [0, 0.1) is 0 Å². The first-order chi connectivity index (χ1) is 8.25. The highest BCUT2D eigenvalue weighted by Gasteiger charge is 2.17. The second-order valence-corrected chi connectivity index (χ2v) is 4.04. The first-order valence-electron chi connectivity index (χ1n) is 5.53. The zero-order valence-electron chi connectivity index (χ0n) is 9.63. The summed E-state index contributed by atoms with van der Waals surface area (Å²) in [6, 6.07) is 0. The molecule has 7 nitrogen and oxygen atoms in total. The molecular weight excluding hydrogens is 220 g/mol. The van der Waals surface area contributed by atoms with E-state index in [9.17, 15) is 0 Å². The van der Waals surface area contributed by atoms with Crippen molar-refractivity contribution in [3.05, 3.63) is 6.33 Å². The molecule has 3 rings (SSSR count). The molecule has 0 unspecified atom stereocenters. The van der Waals surface area contributed by atoms with Gasteiger partial charge in [-0.15, -0.1) is 0 Å². The molecule has 0 radical (unpaired) electrons. The van der Waals surface area contributed by atoms with Crippen molar-refractivity contribution in [2.45, 2.75) is 0 Å². The van der Waals surface area contributed by atoms with E-state index in [-0.39, 0.29) is 0 Å². The van der Waals surface area contributed by atoms with E-state index in [4.69, 9.17) is 10.5 Å². The van der Waals surface area contributed by atoms with Gasteiger partial charge in [-0.1, -0.05) is 0 Å². The van der Waals surface area contributed by atoms with E-state index in [2.05, 4.69) is 19.9 Å². The number of hydrogen-bond donors (Lipinski definition) is 1. The van der Waals surface area contributed by atoms with Crippen LogP contribution < -0.4 is 10.6 Å². The molecule has 0 atom stereocenters. The minimum Gasteiger partial charge on any atom is -0.382 e. The Hall–Kier alpha value is -1.89. The highest BCUT2D eigenvalue weighted by atomic mass is 16.5. The smallest absolute Gasteiger partial charge is 0.229 e. The van der Waals surface area contributed by atoms with Crippen molar-refractivity contribution in [2.24, 2.45) is 7.05 Å². The normalized spacial score (nSPS) is 16.6. The summed E-state index contributed by atoms with van der Waals surface area (Å²) in [7, 11) is 1.88. The van der Waals surface area contributed by atoms with Crippen LogP contribution in [0.5, 0.6) is 0 Å². The van der Waals surface area contributed by atoms with Crippen LogP contribution in [-0.2, 0) is 11.8 Å². The Labute approximate surface area is 98.2 Å². The Balaban J connectivity index is 2.05. The Bertz CT molecular complexity index is 545. The molecule has 0 spiro atoms. The highest BCUT2D eigenvalue weighted by Crippen LogP contribution is 2.20. The largest absolute Gasteiger partial charge is 0.382 e. The molecule has 7 heteroatoms. The maximum absolute atomic E-state index is 5.94. The first kappa shape index (κ1) is 10.3. The third-order valence-corrected chi connectivity index (χ3v) is 2.88. The fourth-order valence-corrected chi connectivity index (χ4v) is 1.98. The molecule has 0 aromatic carbocycles. The number of morpholine rings is 1. The molecule has 0 amide bonds. The summed E-state index contributed by atoms with van der Waals surface area (Å²) in [6.45, 7) is 2.97. The number of hydrogen-bond acceptors (Lipinski definition) is 6. The van der Waals surface area contributed by atoms with Crippen molar-refractivity contribution in [3.8, 4) is 0 Å². The van der Waals surface area contributed by atoms with E-state index in [1.807, 2.05) is 11.6 Å². The molecule has 90 valence electrons. The van der Waals surface area contributed by atoms with Crippen LogP contribution in [0.4, 0.5) is 11.8 Å². The van der Waals surface area contributed by atoms with Gasteiger partial charge in [-0.25, -0.2) is 4.98 Å². The van der Waals surface area contributed by atoms with E-state index in [0.717, 1.165) is 18.6 Å². The molecule has 2 aromatic heterocycles. The number of rotatable bonds is 1. The van der Waals surface area contributed by atoms with Gasteiger partial charge in [0.2, 0.25) is 5.95 Å². The van der Waals surface area contributed by atoms with Crippen molar-refractivity contribution < 1.29 is 4.74 Å². The summed E-state index contributed by atoms with van der Waals surface area (Å²) in [5.41, 5.74) is 7.36. The lowest BCUT2D eigenvalue weighted by atomic mass is 10.4. The number of anilines is 2. The Morgan fingerprint density at radius 3 is 2.82 bits per heavy atom. The monoisotopic (exact) mass is 234 g/mol. The van der Waals surface area contributed by atoms with E-state index in [0.29, 0.717) is 30.6 Å². The topological polar surface area (TPSA) is 82.1 Å². The predicted molar refractivity (Wildman–Crippen MR) is 63.7 cm³/mol. The van der Waals surface area contributed by atoms with Gasteiger partial charge in [0.1, 0.15) is 5.52 Å². The van der Waals surface area contributed by atoms with Crippen molar-refractivity contribution >= 4 is 22.9 Å². The molecule has 2 aromatic rings. The van der Waals surface area contributed by atoms with Gasteiger partial charge in [0, 0.05) is 20.1 Å². The van der Waals surface area contributed by atoms with E-state index in [1.54, 1.807) is 6.33 Å². The zero-order chi connectivity index (χ0) is 11.8. The van der Waals surface area contributed by atoms with Crippen molar-refractivity contribution in [3.63, 3.8) is 0 Å². The van der Waals surface area contributed by atoms with E-state index < -0.39 is 0 Å². The quantitative estimate of drug-likeness (QED) is 0.734. The Kier molecular flexibility index (Phi) is 2.32. The summed E-state index contributed by atoms with van der Waals surface area (Å²) >= 11 is 0. The molecular formula is C10H14N6O. The number of nitrogens with two attached hydrogens (primary N) is 1. The average Bonchev–Trinajstić information content (AvgIpc) is 2.73. The Morgan fingerprint density at radius 2 is 2.06 bits per heavy atom. The zero-order valence-corrected chi connectivity index (χ0v) is 9.63. The van der Waals surface area contributed by atoms with Crippen LogP contribution in [0.15, 0.2) is 6.33 Å². The lowest BCUT2D eigenvalue weighted by molar-refractivity contribution is 0.122. The van der Waals surface area contributed by atoms with Crippen molar-refractivity contribution in [1.29, 1.82) is 0 Å². The average molecular weight is 234 g/mol.